The van der Waals surface area contributed by atoms with Crippen LogP contribution in [0.15, 0.2) is 18.2 Å². The van der Waals surface area contributed by atoms with Gasteiger partial charge >= 0.3 is 0 Å². The topological polar surface area (TPSA) is 43.8 Å². The fourth-order valence-corrected chi connectivity index (χ4v) is 2.49. The lowest BCUT2D eigenvalue weighted by Crippen LogP contribution is -2.00. The van der Waals surface area contributed by atoms with Crippen LogP contribution in [0.5, 0.6) is 0 Å². The van der Waals surface area contributed by atoms with Crippen molar-refractivity contribution in [3.63, 3.8) is 0 Å². The molecular weight excluding hydrogens is 260 g/mol. The van der Waals surface area contributed by atoms with Crippen molar-refractivity contribution >= 4 is 5.82 Å². The number of rotatable bonds is 4. The molecule has 0 aliphatic heterocycles. The van der Waals surface area contributed by atoms with Crippen LogP contribution in [0.2, 0.25) is 0 Å². The first-order valence-electron chi connectivity index (χ1n) is 6.77. The molecule has 20 heavy (non-hydrogen) atoms. The van der Waals surface area contributed by atoms with Crippen molar-refractivity contribution in [2.24, 2.45) is 7.05 Å². The summed E-state index contributed by atoms with van der Waals surface area (Å²) in [5.74, 6) is -0.606. The lowest BCUT2D eigenvalue weighted by Gasteiger charge is -2.12. The monoisotopic (exact) mass is 279 g/mol. The summed E-state index contributed by atoms with van der Waals surface area (Å²) in [4.78, 5) is 0. The SMILES string of the molecule is CCC(CC)c1nn(C)c(N)c1-c1ccc(F)cc1F. The van der Waals surface area contributed by atoms with Gasteiger partial charge in [-0.3, -0.25) is 4.68 Å². The van der Waals surface area contributed by atoms with Gasteiger partial charge in [-0.2, -0.15) is 5.10 Å². The van der Waals surface area contributed by atoms with E-state index in [0.29, 0.717) is 16.9 Å². The standard InChI is InChI=1S/C15H19F2N3/c1-4-9(5-2)14-13(15(18)20(3)19-14)11-7-6-10(16)8-12(11)17/h6-9H,4-5,18H2,1-3H3. The molecule has 2 rings (SSSR count). The van der Waals surface area contributed by atoms with Crippen LogP contribution in [0.4, 0.5) is 14.6 Å². The Hall–Kier alpha value is -1.91. The van der Waals surface area contributed by atoms with E-state index in [2.05, 4.69) is 18.9 Å². The van der Waals surface area contributed by atoms with Crippen LogP contribution < -0.4 is 5.73 Å². The Kier molecular flexibility index (Phi) is 4.06. The van der Waals surface area contributed by atoms with Gasteiger partial charge in [0, 0.05) is 24.6 Å². The van der Waals surface area contributed by atoms with E-state index in [-0.39, 0.29) is 5.92 Å². The highest BCUT2D eigenvalue weighted by molar-refractivity contribution is 5.77. The van der Waals surface area contributed by atoms with Gasteiger partial charge in [0.05, 0.1) is 11.3 Å². The van der Waals surface area contributed by atoms with Crippen molar-refractivity contribution in [2.75, 3.05) is 5.73 Å². The van der Waals surface area contributed by atoms with Crippen molar-refractivity contribution in [3.8, 4) is 11.1 Å². The Balaban J connectivity index is 2.66. The molecule has 0 saturated carbocycles. The van der Waals surface area contributed by atoms with E-state index in [9.17, 15) is 8.78 Å². The van der Waals surface area contributed by atoms with Gasteiger partial charge in [-0.25, -0.2) is 8.78 Å². The molecule has 0 saturated heterocycles. The molecule has 108 valence electrons. The van der Waals surface area contributed by atoms with Gasteiger partial charge in [-0.1, -0.05) is 13.8 Å². The van der Waals surface area contributed by atoms with E-state index >= 15 is 0 Å². The third-order valence-corrected chi connectivity index (χ3v) is 3.69. The number of hydrogen-bond acceptors (Lipinski definition) is 2. The summed E-state index contributed by atoms with van der Waals surface area (Å²) >= 11 is 0. The quantitative estimate of drug-likeness (QED) is 0.923. The minimum Gasteiger partial charge on any atom is -0.383 e. The highest BCUT2D eigenvalue weighted by atomic mass is 19.1. The number of nitrogens with two attached hydrogens (primary N) is 1. The van der Waals surface area contributed by atoms with Crippen LogP contribution in [-0.4, -0.2) is 9.78 Å². The van der Waals surface area contributed by atoms with E-state index in [0.717, 1.165) is 24.6 Å². The third kappa shape index (κ3) is 2.40. The maximum atomic E-state index is 14.0. The summed E-state index contributed by atoms with van der Waals surface area (Å²) in [5.41, 5.74) is 7.69. The van der Waals surface area contributed by atoms with Gasteiger partial charge in [0.25, 0.3) is 0 Å². The van der Waals surface area contributed by atoms with Gasteiger partial charge in [0.2, 0.25) is 0 Å². The fraction of sp³-hybridized carbons (Fsp3) is 0.400. The summed E-state index contributed by atoms with van der Waals surface area (Å²) in [6.45, 7) is 4.12. The number of hydrogen-bond donors (Lipinski definition) is 1. The molecule has 0 fully saturated rings. The van der Waals surface area contributed by atoms with E-state index in [1.807, 2.05) is 0 Å². The average molecular weight is 279 g/mol. The maximum Gasteiger partial charge on any atom is 0.134 e. The molecule has 0 amide bonds. The Bertz CT molecular complexity index is 616. The average Bonchev–Trinajstić information content (AvgIpc) is 2.68. The first-order chi connectivity index (χ1) is 9.49. The van der Waals surface area contributed by atoms with E-state index in [1.165, 1.54) is 12.1 Å². The summed E-state index contributed by atoms with van der Waals surface area (Å²) in [7, 11) is 1.73. The predicted molar refractivity (Wildman–Crippen MR) is 76.3 cm³/mol. The smallest absolute Gasteiger partial charge is 0.134 e. The zero-order chi connectivity index (χ0) is 14.9. The molecule has 5 heteroatoms. The second-order valence-corrected chi connectivity index (χ2v) is 4.91. The van der Waals surface area contributed by atoms with Crippen LogP contribution >= 0.6 is 0 Å². The molecule has 0 bridgehead atoms. The van der Waals surface area contributed by atoms with E-state index in [4.69, 9.17) is 5.73 Å². The largest absolute Gasteiger partial charge is 0.383 e. The number of nitrogens with zero attached hydrogens (tertiary/aromatic N) is 2. The summed E-state index contributed by atoms with van der Waals surface area (Å²) < 4.78 is 28.7. The predicted octanol–water partition coefficient (Wildman–Crippen LogP) is 3.85. The lowest BCUT2D eigenvalue weighted by atomic mass is 9.93. The van der Waals surface area contributed by atoms with Crippen molar-refractivity contribution in [2.45, 2.75) is 32.6 Å². The van der Waals surface area contributed by atoms with Crippen LogP contribution in [0.1, 0.15) is 38.3 Å². The molecule has 0 atom stereocenters. The normalized spacial score (nSPS) is 11.3. The van der Waals surface area contributed by atoms with Crippen molar-refractivity contribution < 1.29 is 8.78 Å². The number of halogens is 2. The number of aryl methyl sites for hydroxylation is 1. The zero-order valence-corrected chi connectivity index (χ0v) is 12.0. The molecule has 0 aliphatic carbocycles. The molecule has 1 heterocycles. The maximum absolute atomic E-state index is 14.0. The zero-order valence-electron chi connectivity index (χ0n) is 12.0. The van der Waals surface area contributed by atoms with Crippen LogP contribution in [0, 0.1) is 11.6 Å². The van der Waals surface area contributed by atoms with Crippen molar-refractivity contribution in [1.29, 1.82) is 0 Å². The Morgan fingerprint density at radius 1 is 1.25 bits per heavy atom. The molecule has 1 aromatic heterocycles. The molecule has 0 aliphatic rings. The Labute approximate surface area is 117 Å². The minimum absolute atomic E-state index is 0.206. The fourth-order valence-electron chi connectivity index (χ4n) is 2.49. The van der Waals surface area contributed by atoms with Crippen LogP contribution in [0.25, 0.3) is 11.1 Å². The second-order valence-electron chi connectivity index (χ2n) is 4.91. The molecule has 3 nitrogen and oxygen atoms in total. The summed E-state index contributed by atoms with van der Waals surface area (Å²) in [5, 5.41) is 4.42. The first-order valence-corrected chi connectivity index (χ1v) is 6.77. The van der Waals surface area contributed by atoms with E-state index in [1.54, 1.807) is 11.7 Å². The first kappa shape index (κ1) is 14.5. The molecule has 0 unspecified atom stereocenters. The number of nitrogen functional groups attached to an aromatic ring is 1. The highest BCUT2D eigenvalue weighted by Crippen LogP contribution is 2.37. The van der Waals surface area contributed by atoms with Gasteiger partial charge in [-0.15, -0.1) is 0 Å². The van der Waals surface area contributed by atoms with Gasteiger partial charge < -0.3 is 5.73 Å². The van der Waals surface area contributed by atoms with Gasteiger partial charge in [0.1, 0.15) is 17.5 Å². The Morgan fingerprint density at radius 2 is 1.90 bits per heavy atom. The number of benzene rings is 1. The summed E-state index contributed by atoms with van der Waals surface area (Å²) in [6, 6.07) is 3.53. The number of anilines is 1. The third-order valence-electron chi connectivity index (χ3n) is 3.69. The van der Waals surface area contributed by atoms with Crippen LogP contribution in [0.3, 0.4) is 0 Å². The molecule has 0 radical (unpaired) electrons. The Morgan fingerprint density at radius 3 is 2.45 bits per heavy atom. The van der Waals surface area contributed by atoms with E-state index < -0.39 is 11.6 Å². The van der Waals surface area contributed by atoms with Gasteiger partial charge in [0.15, 0.2) is 0 Å². The second kappa shape index (κ2) is 5.61. The molecule has 2 N–H and O–H groups in total. The molecule has 1 aromatic carbocycles. The van der Waals surface area contributed by atoms with Crippen molar-refractivity contribution in [1.82, 2.24) is 9.78 Å². The van der Waals surface area contributed by atoms with Gasteiger partial charge in [-0.05, 0) is 25.0 Å². The summed E-state index contributed by atoms with van der Waals surface area (Å²) in [6.07, 6.45) is 1.78. The molecule has 0 spiro atoms. The lowest BCUT2D eigenvalue weighted by molar-refractivity contribution is 0.584. The number of aromatic nitrogens is 2. The minimum atomic E-state index is -0.614. The highest BCUT2D eigenvalue weighted by Gasteiger charge is 2.23. The van der Waals surface area contributed by atoms with Crippen LogP contribution in [-0.2, 0) is 7.05 Å². The van der Waals surface area contributed by atoms with Crippen molar-refractivity contribution in [3.05, 3.63) is 35.5 Å². The molecule has 2 aromatic rings. The molecular formula is C15H19F2N3.